The van der Waals surface area contributed by atoms with Gasteiger partial charge in [-0.25, -0.2) is 0 Å². The summed E-state index contributed by atoms with van der Waals surface area (Å²) < 4.78 is 57.5. The van der Waals surface area contributed by atoms with Gasteiger partial charge in [-0.3, -0.25) is 9.47 Å². The average Bonchev–Trinajstić information content (AvgIpc) is 3.44. The van der Waals surface area contributed by atoms with Gasteiger partial charge in [0.1, 0.15) is 37.0 Å². The monoisotopic (exact) mass is 594 g/mol. The van der Waals surface area contributed by atoms with E-state index in [4.69, 9.17) is 14.2 Å². The number of rotatable bonds is 9. The molecule has 0 N–H and O–H groups in total. The van der Waals surface area contributed by atoms with E-state index >= 15 is 0 Å². The number of benzene rings is 3. The lowest BCUT2D eigenvalue weighted by Gasteiger charge is -2.29. The number of hydrogen-bond acceptors (Lipinski definition) is 7. The smallest absolute Gasteiger partial charge is 0.416 e. The van der Waals surface area contributed by atoms with Crippen molar-refractivity contribution in [2.45, 2.75) is 51.4 Å². The molecule has 224 valence electrons. The first kappa shape index (κ1) is 28.5. The second kappa shape index (κ2) is 12.0. The van der Waals surface area contributed by atoms with E-state index in [1.807, 2.05) is 30.3 Å². The van der Waals surface area contributed by atoms with Gasteiger partial charge in [-0.15, -0.1) is 0 Å². The van der Waals surface area contributed by atoms with E-state index in [1.54, 1.807) is 4.57 Å². The van der Waals surface area contributed by atoms with Crippen LogP contribution in [-0.2, 0) is 38.8 Å². The number of fused-ring (bicyclic) bond motifs is 2. The lowest BCUT2D eigenvalue weighted by molar-refractivity contribution is -0.389. The Hall–Kier alpha value is -4.58. The van der Waals surface area contributed by atoms with Crippen LogP contribution in [0.2, 0.25) is 0 Å². The van der Waals surface area contributed by atoms with E-state index in [9.17, 15) is 23.3 Å². The quantitative estimate of drug-likeness (QED) is 0.169. The summed E-state index contributed by atoms with van der Waals surface area (Å²) in [6, 6.07) is 19.1. The maximum atomic E-state index is 12.7. The molecule has 9 nitrogen and oxygen atoms in total. The van der Waals surface area contributed by atoms with Crippen LogP contribution in [0, 0.1) is 10.1 Å². The molecule has 0 bridgehead atoms. The summed E-state index contributed by atoms with van der Waals surface area (Å²) in [7, 11) is 0. The maximum absolute atomic E-state index is 12.7. The summed E-state index contributed by atoms with van der Waals surface area (Å²) in [5.74, 6) is 1.20. The highest BCUT2D eigenvalue weighted by atomic mass is 19.4. The van der Waals surface area contributed by atoms with E-state index in [2.05, 4.69) is 22.0 Å². The summed E-state index contributed by atoms with van der Waals surface area (Å²) in [5, 5.41) is 11.0. The molecule has 1 aromatic heterocycles. The first-order chi connectivity index (χ1) is 20.7. The van der Waals surface area contributed by atoms with Crippen LogP contribution in [0.5, 0.6) is 17.5 Å². The largest absolute Gasteiger partial charge is 0.490 e. The number of hydrogen-bond donors (Lipinski definition) is 0. The molecule has 0 amide bonds. The zero-order chi connectivity index (χ0) is 30.0. The van der Waals surface area contributed by atoms with Crippen LogP contribution in [-0.4, -0.2) is 38.6 Å². The van der Waals surface area contributed by atoms with Gasteiger partial charge in [0, 0.05) is 37.6 Å². The first-order valence-corrected chi connectivity index (χ1v) is 13.9. The van der Waals surface area contributed by atoms with Gasteiger partial charge < -0.3 is 24.3 Å². The highest BCUT2D eigenvalue weighted by Gasteiger charge is 2.30. The van der Waals surface area contributed by atoms with Gasteiger partial charge in [0.15, 0.2) is 0 Å². The SMILES string of the molecule is O=[N+]([O-])c1cn2c(n1)OC(COc1ccc3c(c1)CCN(Cc1ccc(OCc4ccc(C(F)(F)F)cc4)cc1)C3)CC2. The Labute approximate surface area is 245 Å². The van der Waals surface area contributed by atoms with E-state index in [0.29, 0.717) is 30.9 Å². The third kappa shape index (κ3) is 6.91. The van der Waals surface area contributed by atoms with Crippen LogP contribution in [0.25, 0.3) is 0 Å². The molecule has 0 saturated heterocycles. The standard InChI is InChI=1S/C31H29F3N4O5/c32-31(33,34)25-6-1-22(2-7-25)19-41-26-8-3-21(4-9-26)16-36-13-11-23-15-27(10-5-24(23)17-36)42-20-28-12-14-37-18-29(38(39)40)35-30(37)43-28/h1-10,15,18,28H,11-14,16-17,19-20H2. The lowest BCUT2D eigenvalue weighted by atomic mass is 9.99. The summed E-state index contributed by atoms with van der Waals surface area (Å²) in [4.78, 5) is 16.7. The molecule has 0 saturated carbocycles. The molecule has 0 radical (unpaired) electrons. The van der Waals surface area contributed by atoms with Crippen molar-refractivity contribution in [1.82, 2.24) is 14.5 Å². The fourth-order valence-electron chi connectivity index (χ4n) is 5.24. The Bertz CT molecular complexity index is 1590. The van der Waals surface area contributed by atoms with Crippen LogP contribution < -0.4 is 14.2 Å². The first-order valence-electron chi connectivity index (χ1n) is 13.9. The number of imidazole rings is 1. The molecule has 3 heterocycles. The molecule has 0 spiro atoms. The van der Waals surface area contributed by atoms with Crippen molar-refractivity contribution in [2.24, 2.45) is 0 Å². The third-order valence-electron chi connectivity index (χ3n) is 7.60. The molecule has 3 aromatic carbocycles. The number of aryl methyl sites for hydroxylation is 1. The minimum absolute atomic E-state index is 0.190. The Morgan fingerprint density at radius 1 is 0.953 bits per heavy atom. The van der Waals surface area contributed by atoms with Crippen LogP contribution in [0.15, 0.2) is 72.9 Å². The van der Waals surface area contributed by atoms with Gasteiger partial charge in [0.25, 0.3) is 0 Å². The molecule has 6 rings (SSSR count). The zero-order valence-corrected chi connectivity index (χ0v) is 23.1. The number of ether oxygens (including phenoxy) is 3. The fraction of sp³-hybridized carbons (Fsp3) is 0.323. The van der Waals surface area contributed by atoms with Crippen LogP contribution in [0.1, 0.15) is 34.2 Å². The molecular weight excluding hydrogens is 565 g/mol. The molecule has 2 aliphatic rings. The Balaban J connectivity index is 0.968. The van der Waals surface area contributed by atoms with Crippen LogP contribution >= 0.6 is 0 Å². The molecule has 43 heavy (non-hydrogen) atoms. The Morgan fingerprint density at radius 3 is 2.44 bits per heavy atom. The van der Waals surface area contributed by atoms with Gasteiger partial charge in [0.05, 0.1) is 5.56 Å². The van der Waals surface area contributed by atoms with Gasteiger partial charge in [0.2, 0.25) is 0 Å². The number of alkyl halides is 3. The van der Waals surface area contributed by atoms with E-state index < -0.39 is 16.7 Å². The van der Waals surface area contributed by atoms with Crippen molar-refractivity contribution in [2.75, 3.05) is 13.2 Å². The fourth-order valence-corrected chi connectivity index (χ4v) is 5.24. The molecule has 0 aliphatic carbocycles. The second-order valence-corrected chi connectivity index (χ2v) is 10.7. The minimum atomic E-state index is -4.35. The van der Waals surface area contributed by atoms with Gasteiger partial charge in [-0.2, -0.15) is 13.2 Å². The van der Waals surface area contributed by atoms with Crippen molar-refractivity contribution in [3.63, 3.8) is 0 Å². The van der Waals surface area contributed by atoms with Crippen molar-refractivity contribution in [3.05, 3.63) is 111 Å². The van der Waals surface area contributed by atoms with Crippen molar-refractivity contribution < 1.29 is 32.3 Å². The van der Waals surface area contributed by atoms with Crippen LogP contribution in [0.3, 0.4) is 0 Å². The molecule has 1 atom stereocenters. The lowest BCUT2D eigenvalue weighted by Crippen LogP contribution is -2.31. The van der Waals surface area contributed by atoms with Crippen molar-refractivity contribution in [1.29, 1.82) is 0 Å². The number of halogens is 3. The molecule has 2 aliphatic heterocycles. The highest BCUT2D eigenvalue weighted by molar-refractivity contribution is 5.37. The predicted molar refractivity (Wildman–Crippen MR) is 150 cm³/mol. The minimum Gasteiger partial charge on any atom is -0.490 e. The molecule has 0 fully saturated rings. The Morgan fingerprint density at radius 2 is 1.70 bits per heavy atom. The maximum Gasteiger partial charge on any atom is 0.416 e. The van der Waals surface area contributed by atoms with Crippen molar-refractivity contribution >= 4 is 5.82 Å². The molecule has 1 unspecified atom stereocenters. The van der Waals surface area contributed by atoms with Gasteiger partial charge in [-0.05, 0) is 70.0 Å². The van der Waals surface area contributed by atoms with E-state index in [1.165, 1.54) is 29.5 Å². The highest BCUT2D eigenvalue weighted by Crippen LogP contribution is 2.30. The summed E-state index contributed by atoms with van der Waals surface area (Å²) in [6.07, 6.45) is -1.63. The topological polar surface area (TPSA) is 91.9 Å². The number of nitrogens with zero attached hydrogens (tertiary/aromatic N) is 4. The number of nitro groups is 1. The van der Waals surface area contributed by atoms with E-state index in [-0.39, 0.29) is 24.5 Å². The van der Waals surface area contributed by atoms with Crippen molar-refractivity contribution in [3.8, 4) is 17.5 Å². The summed E-state index contributed by atoms with van der Waals surface area (Å²) in [5.41, 5.74) is 3.63. The number of aromatic nitrogens is 2. The normalized spacial score (nSPS) is 16.6. The molecular formula is C31H29F3N4O5. The average molecular weight is 595 g/mol. The van der Waals surface area contributed by atoms with Crippen LogP contribution in [0.4, 0.5) is 19.0 Å². The Kier molecular flexibility index (Phi) is 7.94. The summed E-state index contributed by atoms with van der Waals surface area (Å²) >= 11 is 0. The van der Waals surface area contributed by atoms with Gasteiger partial charge >= 0.3 is 18.0 Å². The molecule has 12 heteroatoms. The van der Waals surface area contributed by atoms with Gasteiger partial charge in [-0.1, -0.05) is 30.3 Å². The summed E-state index contributed by atoms with van der Waals surface area (Å²) in [6.45, 7) is 3.60. The van der Waals surface area contributed by atoms with E-state index in [0.717, 1.165) is 49.5 Å². The third-order valence-corrected chi connectivity index (χ3v) is 7.60. The predicted octanol–water partition coefficient (Wildman–Crippen LogP) is 6.18. The second-order valence-electron chi connectivity index (χ2n) is 10.7. The molecule has 4 aromatic rings. The zero-order valence-electron chi connectivity index (χ0n) is 23.1.